The van der Waals surface area contributed by atoms with Crippen LogP contribution in [0.1, 0.15) is 26.3 Å². The summed E-state index contributed by atoms with van der Waals surface area (Å²) < 4.78 is 32.5. The normalized spacial score (nSPS) is 19.3. The van der Waals surface area contributed by atoms with Crippen molar-refractivity contribution in [3.05, 3.63) is 47.3 Å². The largest absolute Gasteiger partial charge is 0.473 e. The molecule has 2 aliphatic rings. The van der Waals surface area contributed by atoms with Gasteiger partial charge >= 0.3 is 0 Å². The quantitative estimate of drug-likeness (QED) is 0.856. The summed E-state index contributed by atoms with van der Waals surface area (Å²) in [6.07, 6.45) is 1.87. The SMILES string of the molecule is CCN1C2=CC(OCc3cccc(F)c3F)=NCN2CC1(C)C. The van der Waals surface area contributed by atoms with Crippen LogP contribution in [0.3, 0.4) is 0 Å². The number of hydrogen-bond donors (Lipinski definition) is 0. The van der Waals surface area contributed by atoms with Crippen LogP contribution in [-0.4, -0.2) is 41.0 Å². The first-order valence-electron chi connectivity index (χ1n) is 7.77. The van der Waals surface area contributed by atoms with E-state index < -0.39 is 11.6 Å². The molecule has 1 saturated heterocycles. The Morgan fingerprint density at radius 1 is 1.30 bits per heavy atom. The summed E-state index contributed by atoms with van der Waals surface area (Å²) in [5, 5.41) is 0. The highest BCUT2D eigenvalue weighted by Gasteiger charge is 2.40. The second-order valence-corrected chi connectivity index (χ2v) is 6.40. The number of likely N-dealkylation sites (N-methyl/N-ethyl adjacent to an activating group) is 1. The Kier molecular flexibility index (Phi) is 4.00. The fourth-order valence-corrected chi connectivity index (χ4v) is 3.21. The van der Waals surface area contributed by atoms with Crippen LogP contribution in [0.15, 0.2) is 35.1 Å². The molecule has 1 aromatic rings. The first kappa shape index (κ1) is 15.8. The minimum absolute atomic E-state index is 0.0400. The van der Waals surface area contributed by atoms with Crippen molar-refractivity contribution >= 4 is 5.90 Å². The summed E-state index contributed by atoms with van der Waals surface area (Å²) in [6, 6.07) is 4.08. The lowest BCUT2D eigenvalue weighted by Gasteiger charge is -2.31. The number of benzene rings is 1. The molecule has 4 nitrogen and oxygen atoms in total. The molecule has 124 valence electrons. The van der Waals surface area contributed by atoms with E-state index in [0.29, 0.717) is 12.6 Å². The standard InChI is InChI=1S/C17H21F2N3O/c1-4-22-15-8-14(20-11-21(15)10-17(22,2)3)23-9-12-6-5-7-13(18)16(12)19/h5-8H,4,9-11H2,1-3H3. The Balaban J connectivity index is 1.73. The number of rotatable bonds is 3. The second-order valence-electron chi connectivity index (χ2n) is 6.40. The molecule has 0 aromatic heterocycles. The third kappa shape index (κ3) is 2.90. The molecule has 23 heavy (non-hydrogen) atoms. The molecule has 0 N–H and O–H groups in total. The number of ether oxygens (including phenoxy) is 1. The van der Waals surface area contributed by atoms with Crippen molar-refractivity contribution in [2.75, 3.05) is 19.8 Å². The van der Waals surface area contributed by atoms with Crippen LogP contribution in [0.2, 0.25) is 0 Å². The molecular formula is C17H21F2N3O. The monoisotopic (exact) mass is 321 g/mol. The predicted octanol–water partition coefficient (Wildman–Crippen LogP) is 3.11. The molecular weight excluding hydrogens is 300 g/mol. The molecule has 0 radical (unpaired) electrons. The highest BCUT2D eigenvalue weighted by molar-refractivity contribution is 5.89. The highest BCUT2D eigenvalue weighted by atomic mass is 19.2. The summed E-state index contributed by atoms with van der Waals surface area (Å²) in [7, 11) is 0. The van der Waals surface area contributed by atoms with Gasteiger partial charge in [0, 0.05) is 24.7 Å². The summed E-state index contributed by atoms with van der Waals surface area (Å²) in [5.41, 5.74) is 0.230. The number of aliphatic imine (C=N–C) groups is 1. The molecule has 0 unspecified atom stereocenters. The van der Waals surface area contributed by atoms with Crippen molar-refractivity contribution in [2.45, 2.75) is 32.9 Å². The number of nitrogens with zero attached hydrogens (tertiary/aromatic N) is 3. The van der Waals surface area contributed by atoms with E-state index in [4.69, 9.17) is 4.74 Å². The lowest BCUT2D eigenvalue weighted by Crippen LogP contribution is -2.39. The van der Waals surface area contributed by atoms with Gasteiger partial charge in [0.2, 0.25) is 5.90 Å². The molecule has 1 fully saturated rings. The fraction of sp³-hybridized carbons (Fsp3) is 0.471. The van der Waals surface area contributed by atoms with Crippen molar-refractivity contribution in [3.8, 4) is 0 Å². The maximum atomic E-state index is 13.7. The van der Waals surface area contributed by atoms with E-state index in [-0.39, 0.29) is 17.7 Å². The lowest BCUT2D eigenvalue weighted by molar-refractivity contribution is 0.227. The average molecular weight is 321 g/mol. The molecule has 0 spiro atoms. The van der Waals surface area contributed by atoms with Gasteiger partial charge in [-0.2, -0.15) is 0 Å². The molecule has 0 bridgehead atoms. The third-order valence-electron chi connectivity index (χ3n) is 4.28. The van der Waals surface area contributed by atoms with Gasteiger partial charge in [0.15, 0.2) is 11.6 Å². The molecule has 1 aromatic carbocycles. The predicted molar refractivity (Wildman–Crippen MR) is 84.7 cm³/mol. The van der Waals surface area contributed by atoms with Crippen LogP contribution in [-0.2, 0) is 11.3 Å². The number of fused-ring (bicyclic) bond motifs is 1. The van der Waals surface area contributed by atoms with E-state index in [1.807, 2.05) is 6.08 Å². The first-order valence-corrected chi connectivity index (χ1v) is 7.77. The first-order chi connectivity index (χ1) is 10.9. The molecule has 0 atom stereocenters. The van der Waals surface area contributed by atoms with E-state index in [2.05, 4.69) is 35.6 Å². The van der Waals surface area contributed by atoms with Crippen molar-refractivity contribution < 1.29 is 13.5 Å². The van der Waals surface area contributed by atoms with E-state index in [1.165, 1.54) is 12.1 Å². The number of hydrogen-bond acceptors (Lipinski definition) is 4. The maximum Gasteiger partial charge on any atom is 0.214 e. The summed E-state index contributed by atoms with van der Waals surface area (Å²) in [5.74, 6) is -0.204. The molecule has 0 saturated carbocycles. The molecule has 2 aliphatic heterocycles. The maximum absolute atomic E-state index is 13.7. The van der Waals surface area contributed by atoms with Gasteiger partial charge in [0.1, 0.15) is 19.1 Å². The van der Waals surface area contributed by atoms with E-state index in [0.717, 1.165) is 25.0 Å². The summed E-state index contributed by atoms with van der Waals surface area (Å²) >= 11 is 0. The third-order valence-corrected chi connectivity index (χ3v) is 4.28. The van der Waals surface area contributed by atoms with Crippen molar-refractivity contribution in [2.24, 2.45) is 4.99 Å². The van der Waals surface area contributed by atoms with Gasteiger partial charge < -0.3 is 14.5 Å². The Bertz CT molecular complexity index is 670. The van der Waals surface area contributed by atoms with Gasteiger partial charge in [0.05, 0.1) is 5.54 Å². The van der Waals surface area contributed by atoms with Crippen molar-refractivity contribution in [1.82, 2.24) is 9.80 Å². The molecule has 6 heteroatoms. The smallest absolute Gasteiger partial charge is 0.214 e. The van der Waals surface area contributed by atoms with Gasteiger partial charge in [-0.3, -0.25) is 0 Å². The van der Waals surface area contributed by atoms with Crippen LogP contribution in [0.4, 0.5) is 8.78 Å². The highest BCUT2D eigenvalue weighted by Crippen LogP contribution is 2.33. The van der Waals surface area contributed by atoms with Crippen LogP contribution in [0.5, 0.6) is 0 Å². The van der Waals surface area contributed by atoms with Crippen molar-refractivity contribution in [3.63, 3.8) is 0 Å². The zero-order valence-corrected chi connectivity index (χ0v) is 13.6. The Morgan fingerprint density at radius 2 is 2.09 bits per heavy atom. The molecule has 0 amide bonds. The van der Waals surface area contributed by atoms with E-state index in [1.54, 1.807) is 0 Å². The van der Waals surface area contributed by atoms with Crippen LogP contribution >= 0.6 is 0 Å². The van der Waals surface area contributed by atoms with Crippen molar-refractivity contribution in [1.29, 1.82) is 0 Å². The van der Waals surface area contributed by atoms with Gasteiger partial charge in [-0.15, -0.1) is 0 Å². The summed E-state index contributed by atoms with van der Waals surface area (Å²) in [6.45, 7) is 8.77. The van der Waals surface area contributed by atoms with Gasteiger partial charge in [-0.25, -0.2) is 13.8 Å². The molecule has 2 heterocycles. The second kappa shape index (κ2) is 5.83. The zero-order chi connectivity index (χ0) is 16.6. The Hall–Kier alpha value is -2.11. The minimum atomic E-state index is -0.865. The zero-order valence-electron chi connectivity index (χ0n) is 13.6. The number of halogens is 2. The fourth-order valence-electron chi connectivity index (χ4n) is 3.21. The molecule has 3 rings (SSSR count). The van der Waals surface area contributed by atoms with Gasteiger partial charge in [0.25, 0.3) is 0 Å². The lowest BCUT2D eigenvalue weighted by atomic mass is 10.1. The minimum Gasteiger partial charge on any atom is -0.473 e. The Morgan fingerprint density at radius 3 is 2.83 bits per heavy atom. The van der Waals surface area contributed by atoms with Gasteiger partial charge in [-0.1, -0.05) is 12.1 Å². The van der Waals surface area contributed by atoms with E-state index >= 15 is 0 Å². The van der Waals surface area contributed by atoms with Crippen LogP contribution in [0.25, 0.3) is 0 Å². The Labute approximate surface area is 135 Å². The van der Waals surface area contributed by atoms with E-state index in [9.17, 15) is 8.78 Å². The van der Waals surface area contributed by atoms with Crippen LogP contribution < -0.4 is 0 Å². The average Bonchev–Trinajstić information content (AvgIpc) is 2.77. The topological polar surface area (TPSA) is 28.1 Å². The van der Waals surface area contributed by atoms with Crippen LogP contribution in [0, 0.1) is 11.6 Å². The van der Waals surface area contributed by atoms with Gasteiger partial charge in [-0.05, 0) is 26.8 Å². The summed E-state index contributed by atoms with van der Waals surface area (Å²) in [4.78, 5) is 8.87. The molecule has 0 aliphatic carbocycles.